The lowest BCUT2D eigenvalue weighted by molar-refractivity contribution is 0.640. The van der Waals surface area contributed by atoms with E-state index in [0.29, 0.717) is 5.49 Å². The first kappa shape index (κ1) is 8.77. The summed E-state index contributed by atoms with van der Waals surface area (Å²) in [7, 11) is 3.81. The third-order valence-electron chi connectivity index (χ3n) is 1.73. The standard InChI is InChI=1S/C8H14N4/c1-6-5-10-7(2)8(9)12(6)11(3)4/h5,9H,1-4H3. The van der Waals surface area contributed by atoms with Crippen molar-refractivity contribution in [3.8, 4) is 0 Å². The molecule has 66 valence electrons. The minimum Gasteiger partial charge on any atom is -0.317 e. The molecule has 1 heterocycles. The normalized spacial score (nSPS) is 10.0. The highest BCUT2D eigenvalue weighted by atomic mass is 15.5. The maximum absolute atomic E-state index is 7.73. The number of rotatable bonds is 1. The smallest absolute Gasteiger partial charge is 0.165 e. The Morgan fingerprint density at radius 1 is 1.42 bits per heavy atom. The molecule has 0 aromatic carbocycles. The molecule has 0 amide bonds. The summed E-state index contributed by atoms with van der Waals surface area (Å²) in [6, 6.07) is 0. The topological polar surface area (TPSA) is 44.9 Å². The Morgan fingerprint density at radius 2 is 2.00 bits per heavy atom. The molecule has 0 fully saturated rings. The van der Waals surface area contributed by atoms with Crippen molar-refractivity contribution in [1.82, 2.24) is 9.66 Å². The summed E-state index contributed by atoms with van der Waals surface area (Å²) < 4.78 is 1.81. The van der Waals surface area contributed by atoms with E-state index in [0.717, 1.165) is 11.4 Å². The SMILES string of the molecule is Cc1ncc(C)n(N(C)C)c1=N. The van der Waals surface area contributed by atoms with Crippen molar-refractivity contribution in [3.63, 3.8) is 0 Å². The Bertz CT molecular complexity index is 337. The van der Waals surface area contributed by atoms with Crippen LogP contribution >= 0.6 is 0 Å². The Kier molecular flexibility index (Phi) is 2.17. The van der Waals surface area contributed by atoms with Crippen LogP contribution in [0.3, 0.4) is 0 Å². The van der Waals surface area contributed by atoms with E-state index >= 15 is 0 Å². The van der Waals surface area contributed by atoms with Crippen molar-refractivity contribution < 1.29 is 0 Å². The molecular formula is C8H14N4. The average molecular weight is 166 g/mol. The fourth-order valence-corrected chi connectivity index (χ4v) is 1.15. The van der Waals surface area contributed by atoms with Crippen molar-refractivity contribution in [2.75, 3.05) is 19.1 Å². The van der Waals surface area contributed by atoms with E-state index in [1.165, 1.54) is 0 Å². The second-order valence-electron chi connectivity index (χ2n) is 2.99. The van der Waals surface area contributed by atoms with Gasteiger partial charge in [0, 0.05) is 20.3 Å². The molecule has 0 aliphatic heterocycles. The lowest BCUT2D eigenvalue weighted by Gasteiger charge is -2.19. The molecule has 1 aromatic heterocycles. The zero-order chi connectivity index (χ0) is 9.30. The molecule has 0 atom stereocenters. The number of hydrogen-bond acceptors (Lipinski definition) is 3. The minimum atomic E-state index is 0.444. The van der Waals surface area contributed by atoms with Crippen molar-refractivity contribution in [1.29, 1.82) is 5.41 Å². The highest BCUT2D eigenvalue weighted by Crippen LogP contribution is 1.91. The van der Waals surface area contributed by atoms with Gasteiger partial charge < -0.3 is 5.01 Å². The largest absolute Gasteiger partial charge is 0.317 e. The van der Waals surface area contributed by atoms with Crippen LogP contribution in [0.2, 0.25) is 0 Å². The average Bonchev–Trinajstić information content (AvgIpc) is 1.97. The Hall–Kier alpha value is -1.32. The van der Waals surface area contributed by atoms with Crippen LogP contribution in [0.4, 0.5) is 0 Å². The summed E-state index contributed by atoms with van der Waals surface area (Å²) in [5.74, 6) is 0. The molecule has 0 spiro atoms. The first-order chi connectivity index (χ1) is 5.54. The maximum Gasteiger partial charge on any atom is 0.165 e. The molecule has 4 heteroatoms. The van der Waals surface area contributed by atoms with E-state index in [-0.39, 0.29) is 0 Å². The molecule has 1 rings (SSSR count). The van der Waals surface area contributed by atoms with Crippen molar-refractivity contribution in [3.05, 3.63) is 23.1 Å². The predicted molar refractivity (Wildman–Crippen MR) is 47.6 cm³/mol. The number of aromatic nitrogens is 2. The summed E-state index contributed by atoms with van der Waals surface area (Å²) in [5.41, 5.74) is 2.16. The third-order valence-corrected chi connectivity index (χ3v) is 1.73. The van der Waals surface area contributed by atoms with E-state index in [2.05, 4.69) is 4.98 Å². The monoisotopic (exact) mass is 166 g/mol. The lowest BCUT2D eigenvalue weighted by atomic mass is 10.4. The molecule has 0 saturated heterocycles. The number of hydrogen-bond donors (Lipinski definition) is 1. The second kappa shape index (κ2) is 2.97. The van der Waals surface area contributed by atoms with Gasteiger partial charge in [-0.05, 0) is 13.8 Å². The lowest BCUT2D eigenvalue weighted by Crippen LogP contribution is -2.39. The van der Waals surface area contributed by atoms with Gasteiger partial charge in [-0.2, -0.15) is 0 Å². The van der Waals surface area contributed by atoms with Gasteiger partial charge in [0.15, 0.2) is 5.49 Å². The van der Waals surface area contributed by atoms with Crippen molar-refractivity contribution >= 4 is 0 Å². The van der Waals surface area contributed by atoms with Crippen molar-refractivity contribution in [2.24, 2.45) is 0 Å². The van der Waals surface area contributed by atoms with Crippen LogP contribution in [0.25, 0.3) is 0 Å². The Balaban J connectivity index is 3.44. The van der Waals surface area contributed by atoms with Gasteiger partial charge in [0.25, 0.3) is 0 Å². The molecule has 0 bridgehead atoms. The first-order valence-corrected chi connectivity index (χ1v) is 3.81. The van der Waals surface area contributed by atoms with Crippen LogP contribution in [0.5, 0.6) is 0 Å². The zero-order valence-corrected chi connectivity index (χ0v) is 7.92. The maximum atomic E-state index is 7.73. The number of aryl methyl sites for hydroxylation is 2. The van der Waals surface area contributed by atoms with Gasteiger partial charge in [0.2, 0.25) is 0 Å². The number of nitrogens with one attached hydrogen (secondary N) is 1. The quantitative estimate of drug-likeness (QED) is 0.646. The van der Waals surface area contributed by atoms with Gasteiger partial charge in [-0.1, -0.05) is 0 Å². The van der Waals surface area contributed by atoms with Gasteiger partial charge in [-0.25, -0.2) is 4.68 Å². The highest BCUT2D eigenvalue weighted by molar-refractivity contribution is 5.03. The molecule has 1 aromatic rings. The highest BCUT2D eigenvalue weighted by Gasteiger charge is 2.01. The predicted octanol–water partition coefficient (Wildman–Crippen LogP) is 0.177. The number of nitrogens with zero attached hydrogens (tertiary/aromatic N) is 3. The van der Waals surface area contributed by atoms with E-state index < -0.39 is 0 Å². The second-order valence-corrected chi connectivity index (χ2v) is 2.99. The fraction of sp³-hybridized carbons (Fsp3) is 0.500. The van der Waals surface area contributed by atoms with E-state index in [9.17, 15) is 0 Å². The summed E-state index contributed by atoms with van der Waals surface area (Å²) in [6.45, 7) is 3.77. The van der Waals surface area contributed by atoms with Crippen LogP contribution in [0, 0.1) is 19.3 Å². The van der Waals surface area contributed by atoms with Gasteiger partial charge in [0.05, 0.1) is 11.4 Å². The van der Waals surface area contributed by atoms with Crippen LogP contribution < -0.4 is 10.5 Å². The van der Waals surface area contributed by atoms with Gasteiger partial charge >= 0.3 is 0 Å². The molecule has 0 aliphatic carbocycles. The van der Waals surface area contributed by atoms with Crippen LogP contribution in [0.15, 0.2) is 6.20 Å². The Labute approximate surface area is 72.0 Å². The van der Waals surface area contributed by atoms with E-state index in [4.69, 9.17) is 5.41 Å². The summed E-state index contributed by atoms with van der Waals surface area (Å²) in [6.07, 6.45) is 1.77. The molecule has 0 radical (unpaired) electrons. The molecule has 0 saturated carbocycles. The minimum absolute atomic E-state index is 0.444. The third kappa shape index (κ3) is 1.32. The molecule has 4 nitrogen and oxygen atoms in total. The first-order valence-electron chi connectivity index (χ1n) is 3.81. The molecule has 12 heavy (non-hydrogen) atoms. The summed E-state index contributed by atoms with van der Waals surface area (Å²) in [5, 5.41) is 9.59. The summed E-state index contributed by atoms with van der Waals surface area (Å²) >= 11 is 0. The van der Waals surface area contributed by atoms with Crippen LogP contribution in [-0.2, 0) is 0 Å². The van der Waals surface area contributed by atoms with Gasteiger partial charge in [0.1, 0.15) is 0 Å². The van der Waals surface area contributed by atoms with E-state index in [1.807, 2.05) is 37.6 Å². The van der Waals surface area contributed by atoms with Gasteiger partial charge in [-0.3, -0.25) is 10.4 Å². The summed E-state index contributed by atoms with van der Waals surface area (Å²) in [4.78, 5) is 4.09. The van der Waals surface area contributed by atoms with Crippen molar-refractivity contribution in [2.45, 2.75) is 13.8 Å². The fourth-order valence-electron chi connectivity index (χ4n) is 1.15. The Morgan fingerprint density at radius 3 is 2.42 bits per heavy atom. The van der Waals surface area contributed by atoms with E-state index in [1.54, 1.807) is 6.20 Å². The van der Waals surface area contributed by atoms with Crippen LogP contribution in [-0.4, -0.2) is 23.8 Å². The molecule has 0 aliphatic rings. The van der Waals surface area contributed by atoms with Crippen LogP contribution in [0.1, 0.15) is 11.4 Å². The molecule has 0 unspecified atom stereocenters. The molecule has 1 N–H and O–H groups in total. The zero-order valence-electron chi connectivity index (χ0n) is 7.92. The van der Waals surface area contributed by atoms with Gasteiger partial charge in [-0.15, -0.1) is 0 Å². The molecular weight excluding hydrogens is 152 g/mol.